The van der Waals surface area contributed by atoms with E-state index in [0.717, 1.165) is 5.56 Å². The molecule has 1 aliphatic rings. The lowest BCUT2D eigenvalue weighted by Crippen LogP contribution is -1.92. The first kappa shape index (κ1) is 12.2. The van der Waals surface area contributed by atoms with E-state index in [1.165, 1.54) is 0 Å². The molecule has 1 heterocycles. The van der Waals surface area contributed by atoms with Crippen molar-refractivity contribution < 1.29 is 13.9 Å². The van der Waals surface area contributed by atoms with E-state index in [4.69, 9.17) is 4.74 Å². The highest BCUT2D eigenvalue weighted by Gasteiger charge is 2.52. The molecule has 0 amide bonds. The molecular weight excluding hydrogens is 268 g/mol. The second kappa shape index (κ2) is 4.38. The van der Waals surface area contributed by atoms with Crippen LogP contribution in [0.15, 0.2) is 24.3 Å². The largest absolute Gasteiger partial charge is 0.437 e. The lowest BCUT2D eigenvalue weighted by atomic mass is 10.1. The zero-order valence-corrected chi connectivity index (χ0v) is 11.0. The Morgan fingerprint density at radius 2 is 2.16 bits per heavy atom. The smallest absolute Gasteiger partial charge is 0.246 e. The molecule has 0 bridgehead atoms. The highest BCUT2D eigenvalue weighted by Crippen LogP contribution is 2.59. The Labute approximate surface area is 110 Å². The number of H-pyrrole nitrogens is 1. The van der Waals surface area contributed by atoms with E-state index in [2.05, 4.69) is 24.7 Å². The van der Waals surface area contributed by atoms with Gasteiger partial charge in [-0.05, 0) is 24.1 Å². The number of ether oxygens (including phenoxy) is 1. The summed E-state index contributed by atoms with van der Waals surface area (Å²) in [4.78, 5) is 10.7. The lowest BCUT2D eigenvalue weighted by Gasteiger charge is -2.05. The topological polar surface area (TPSA) is 67.9 Å². The summed E-state index contributed by atoms with van der Waals surface area (Å²) in [6, 6.07) is 7.08. The van der Waals surface area contributed by atoms with E-state index in [1.807, 2.05) is 12.1 Å². The molecule has 0 aliphatic heterocycles. The van der Waals surface area contributed by atoms with E-state index in [0.29, 0.717) is 18.5 Å². The van der Waals surface area contributed by atoms with Crippen LogP contribution in [0.4, 0.5) is 4.39 Å². The van der Waals surface area contributed by atoms with Crippen LogP contribution >= 0.6 is 9.24 Å². The van der Waals surface area contributed by atoms with Gasteiger partial charge < -0.3 is 4.74 Å². The molecule has 98 valence electrons. The third-order valence-electron chi connectivity index (χ3n) is 3.09. The summed E-state index contributed by atoms with van der Waals surface area (Å²) < 4.78 is 19.0. The molecule has 0 radical (unpaired) electrons. The minimum Gasteiger partial charge on any atom is -0.437 e. The fraction of sp³-hybridized carbons (Fsp3) is 0.250. The van der Waals surface area contributed by atoms with Crippen molar-refractivity contribution in [3.05, 3.63) is 35.5 Å². The van der Waals surface area contributed by atoms with Crippen molar-refractivity contribution in [2.45, 2.75) is 17.7 Å². The van der Waals surface area contributed by atoms with Crippen molar-refractivity contribution in [2.75, 3.05) is 0 Å². The van der Waals surface area contributed by atoms with Gasteiger partial charge in [0.2, 0.25) is 5.88 Å². The molecule has 1 N–H and O–H groups in total. The van der Waals surface area contributed by atoms with E-state index in [-0.39, 0.29) is 17.5 Å². The van der Waals surface area contributed by atoms with Gasteiger partial charge in [0.1, 0.15) is 11.2 Å². The van der Waals surface area contributed by atoms with Gasteiger partial charge in [-0.3, -0.25) is 4.79 Å². The Morgan fingerprint density at radius 1 is 1.47 bits per heavy atom. The summed E-state index contributed by atoms with van der Waals surface area (Å²) in [6.45, 7) is 0. The van der Waals surface area contributed by atoms with Gasteiger partial charge >= 0.3 is 0 Å². The quantitative estimate of drug-likeness (QED) is 0.689. The van der Waals surface area contributed by atoms with Crippen molar-refractivity contribution >= 4 is 15.5 Å². The Hall–Kier alpha value is -1.81. The molecule has 0 saturated heterocycles. The van der Waals surface area contributed by atoms with Crippen molar-refractivity contribution in [3.63, 3.8) is 0 Å². The van der Waals surface area contributed by atoms with Crippen molar-refractivity contribution in [1.82, 2.24) is 15.4 Å². The van der Waals surface area contributed by atoms with Gasteiger partial charge in [-0.2, -0.15) is 0 Å². The molecular formula is C12H11FN3O2P. The molecule has 2 aromatic rings. The summed E-state index contributed by atoms with van der Waals surface area (Å²) in [5, 5.41) is 8.36. The normalized spacial score (nSPS) is 25.1. The third kappa shape index (κ3) is 2.36. The van der Waals surface area contributed by atoms with Gasteiger partial charge in [0.15, 0.2) is 12.0 Å². The van der Waals surface area contributed by atoms with Crippen molar-refractivity contribution in [1.29, 1.82) is 0 Å². The monoisotopic (exact) mass is 279 g/mol. The number of rotatable bonds is 4. The number of nitrogens with one attached hydrogen (secondary N) is 1. The van der Waals surface area contributed by atoms with Crippen LogP contribution in [0.25, 0.3) is 0 Å². The van der Waals surface area contributed by atoms with E-state index in [1.54, 1.807) is 12.1 Å². The first-order valence-corrected chi connectivity index (χ1v) is 6.30. The number of aldehydes is 1. The standard InChI is InChI=1S/C12H11FN3O2P/c13-12(19)5-9(12)7-1-3-8(4-2-7)18-11-10(6-17)14-16-15-11/h1-4,6,9H,5,19H2,(H,14,15,16). The molecule has 1 fully saturated rings. The number of aromatic amines is 1. The maximum absolute atomic E-state index is 13.5. The highest BCUT2D eigenvalue weighted by atomic mass is 31.0. The molecule has 0 spiro atoms. The molecule has 1 aliphatic carbocycles. The maximum atomic E-state index is 13.5. The molecule has 1 aromatic carbocycles. The van der Waals surface area contributed by atoms with Crippen LogP contribution in [0.5, 0.6) is 11.6 Å². The Balaban J connectivity index is 1.75. The minimum atomic E-state index is -1.17. The van der Waals surface area contributed by atoms with Crippen molar-refractivity contribution in [3.8, 4) is 11.6 Å². The summed E-state index contributed by atoms with van der Waals surface area (Å²) in [7, 11) is 2.23. The second-order valence-corrected chi connectivity index (χ2v) is 5.46. The summed E-state index contributed by atoms with van der Waals surface area (Å²) in [5.74, 6) is 0.665. The third-order valence-corrected chi connectivity index (χ3v) is 3.73. The number of hydrogen-bond donors (Lipinski definition) is 1. The van der Waals surface area contributed by atoms with E-state index in [9.17, 15) is 9.18 Å². The SMILES string of the molecule is O=Cc1nn[nH]c1Oc1ccc(C2CC2(F)P)cc1. The predicted octanol–water partition coefficient (Wildman–Crippen LogP) is 2.44. The molecule has 3 rings (SSSR count). The average molecular weight is 279 g/mol. The number of carbonyl (C=O) groups excluding carboxylic acids is 1. The number of halogens is 1. The van der Waals surface area contributed by atoms with Crippen LogP contribution in [0.1, 0.15) is 28.4 Å². The van der Waals surface area contributed by atoms with Crippen LogP contribution in [-0.2, 0) is 0 Å². The van der Waals surface area contributed by atoms with Crippen LogP contribution in [-0.4, -0.2) is 27.1 Å². The summed E-state index contributed by atoms with van der Waals surface area (Å²) >= 11 is 0. The number of carbonyl (C=O) groups is 1. The molecule has 5 nitrogen and oxygen atoms in total. The van der Waals surface area contributed by atoms with Gasteiger partial charge in [-0.25, -0.2) is 9.49 Å². The first-order chi connectivity index (χ1) is 9.10. The van der Waals surface area contributed by atoms with Crippen LogP contribution in [0.2, 0.25) is 0 Å². The second-order valence-electron chi connectivity index (χ2n) is 4.50. The van der Waals surface area contributed by atoms with Gasteiger partial charge in [0.25, 0.3) is 0 Å². The Kier molecular flexibility index (Phi) is 2.82. The first-order valence-electron chi connectivity index (χ1n) is 5.72. The highest BCUT2D eigenvalue weighted by molar-refractivity contribution is 7.19. The van der Waals surface area contributed by atoms with Crippen LogP contribution < -0.4 is 4.74 Å². The van der Waals surface area contributed by atoms with E-state index >= 15 is 0 Å². The maximum Gasteiger partial charge on any atom is 0.246 e. The molecule has 3 atom stereocenters. The average Bonchev–Trinajstić information content (AvgIpc) is 2.84. The minimum absolute atomic E-state index is 0.0640. The fourth-order valence-corrected chi connectivity index (χ4v) is 2.34. The van der Waals surface area contributed by atoms with Crippen molar-refractivity contribution in [2.24, 2.45) is 0 Å². The van der Waals surface area contributed by atoms with Gasteiger partial charge in [-0.1, -0.05) is 26.6 Å². The van der Waals surface area contributed by atoms with Crippen LogP contribution in [0.3, 0.4) is 0 Å². The number of alkyl halides is 1. The molecule has 1 aromatic heterocycles. The Bertz CT molecular complexity index is 612. The molecule has 7 heteroatoms. The zero-order valence-electron chi connectivity index (χ0n) is 9.84. The number of hydrogen-bond acceptors (Lipinski definition) is 4. The van der Waals surface area contributed by atoms with Crippen LogP contribution in [0, 0.1) is 0 Å². The van der Waals surface area contributed by atoms with Gasteiger partial charge in [0, 0.05) is 5.92 Å². The lowest BCUT2D eigenvalue weighted by molar-refractivity contribution is 0.111. The number of nitrogens with zero attached hydrogens (tertiary/aromatic N) is 2. The van der Waals surface area contributed by atoms with E-state index < -0.39 is 5.41 Å². The predicted molar refractivity (Wildman–Crippen MR) is 69.2 cm³/mol. The molecule has 1 saturated carbocycles. The molecule has 19 heavy (non-hydrogen) atoms. The molecule has 3 unspecified atom stereocenters. The number of aromatic nitrogens is 3. The summed E-state index contributed by atoms with van der Waals surface area (Å²) in [6.07, 6.45) is 1.08. The zero-order chi connectivity index (χ0) is 13.5. The summed E-state index contributed by atoms with van der Waals surface area (Å²) in [5.41, 5.74) is 1.04. The Morgan fingerprint density at radius 3 is 2.74 bits per heavy atom. The van der Waals surface area contributed by atoms with Gasteiger partial charge in [0.05, 0.1) is 0 Å². The number of benzene rings is 1. The fourth-order valence-electron chi connectivity index (χ4n) is 1.91. The van der Waals surface area contributed by atoms with Gasteiger partial charge in [-0.15, -0.1) is 5.10 Å².